The molecule has 0 aromatic heterocycles. The Morgan fingerprint density at radius 1 is 0.861 bits per heavy atom. The molecule has 0 N–H and O–H groups in total. The minimum Gasteiger partial charge on any atom is -0.462 e. The van der Waals surface area contributed by atoms with E-state index < -0.39 is 0 Å². The molecule has 8 atom stereocenters. The smallest absolute Gasteiger partial charge is 0.302 e. The van der Waals surface area contributed by atoms with Gasteiger partial charge in [-0.2, -0.15) is 0 Å². The molecular weight excluding hydrogens is 448 g/mol. The van der Waals surface area contributed by atoms with E-state index in [4.69, 9.17) is 4.74 Å². The van der Waals surface area contributed by atoms with Gasteiger partial charge in [0.25, 0.3) is 0 Å². The molecule has 5 aliphatic carbocycles. The summed E-state index contributed by atoms with van der Waals surface area (Å²) in [5.41, 5.74) is 0.862. The summed E-state index contributed by atoms with van der Waals surface area (Å²) in [5, 5.41) is 0. The van der Waals surface area contributed by atoms with Crippen molar-refractivity contribution in [2.24, 2.45) is 50.7 Å². The van der Waals surface area contributed by atoms with Crippen molar-refractivity contribution in [3.8, 4) is 0 Å². The van der Waals surface area contributed by atoms with Crippen LogP contribution < -0.4 is 0 Å². The second-order valence-electron chi connectivity index (χ2n) is 15.1. The first-order valence-electron chi connectivity index (χ1n) is 14.5. The molecule has 36 heavy (non-hydrogen) atoms. The van der Waals surface area contributed by atoms with Crippen LogP contribution in [-0.2, 0) is 19.1 Å². The molecule has 0 saturated heterocycles. The van der Waals surface area contributed by atoms with Crippen LogP contribution in [-0.4, -0.2) is 23.6 Å². The van der Waals surface area contributed by atoms with E-state index in [2.05, 4.69) is 55.4 Å². The van der Waals surface area contributed by atoms with Crippen molar-refractivity contribution in [1.29, 1.82) is 0 Å². The maximum atomic E-state index is 14.3. The van der Waals surface area contributed by atoms with Gasteiger partial charge in [0.15, 0.2) is 11.6 Å². The Bertz CT molecular complexity index is 1050. The number of rotatable bonds is 2. The SMILES string of the molecule is CC(=O)O[C@H]1CC[C@]2(C)C3=C(C(=O)C[C@H]2C1(C)C)[C@@]1(C)CC[C@]2(C)[C@@H](C(C)C)CC[C@H]2[C@]1(C)CC3=O. The molecule has 3 saturated carbocycles. The molecule has 200 valence electrons. The van der Waals surface area contributed by atoms with E-state index in [1.165, 1.54) is 19.8 Å². The van der Waals surface area contributed by atoms with Crippen molar-refractivity contribution < 1.29 is 19.1 Å². The van der Waals surface area contributed by atoms with E-state index in [0.29, 0.717) is 30.6 Å². The first-order chi connectivity index (χ1) is 16.5. The average molecular weight is 497 g/mol. The normalized spacial score (nSPS) is 47.7. The molecule has 0 aromatic rings. The number of carbonyl (C=O) groups excluding carboxylic acids is 3. The number of allylic oxidation sites excluding steroid dienone is 2. The number of fused-ring (bicyclic) bond motifs is 6. The fourth-order valence-electron chi connectivity index (χ4n) is 11.1. The highest BCUT2D eigenvalue weighted by molar-refractivity contribution is 6.11. The zero-order chi connectivity index (χ0) is 26.6. The van der Waals surface area contributed by atoms with Crippen LogP contribution in [0.4, 0.5) is 0 Å². The van der Waals surface area contributed by atoms with Crippen LogP contribution in [0.5, 0.6) is 0 Å². The van der Waals surface area contributed by atoms with Gasteiger partial charge in [0, 0.05) is 47.2 Å². The van der Waals surface area contributed by atoms with E-state index in [1.807, 2.05) is 0 Å². The van der Waals surface area contributed by atoms with E-state index >= 15 is 0 Å². The summed E-state index contributed by atoms with van der Waals surface area (Å²) in [6.45, 7) is 19.9. The van der Waals surface area contributed by atoms with Crippen LogP contribution in [0.3, 0.4) is 0 Å². The maximum Gasteiger partial charge on any atom is 0.302 e. The first kappa shape index (κ1) is 26.2. The zero-order valence-corrected chi connectivity index (χ0v) is 24.2. The fourth-order valence-corrected chi connectivity index (χ4v) is 11.1. The average Bonchev–Trinajstić information content (AvgIpc) is 3.12. The Kier molecular flexibility index (Phi) is 5.66. The molecule has 0 radical (unpaired) electrons. The number of ketones is 2. The summed E-state index contributed by atoms with van der Waals surface area (Å²) in [6, 6.07) is 0. The lowest BCUT2D eigenvalue weighted by atomic mass is 9.37. The molecule has 5 aliphatic rings. The minimum atomic E-state index is -0.365. The molecule has 0 aromatic carbocycles. The van der Waals surface area contributed by atoms with Crippen molar-refractivity contribution in [3.63, 3.8) is 0 Å². The van der Waals surface area contributed by atoms with Gasteiger partial charge in [0.1, 0.15) is 6.10 Å². The largest absolute Gasteiger partial charge is 0.462 e. The van der Waals surface area contributed by atoms with Crippen LogP contribution in [0.15, 0.2) is 11.1 Å². The van der Waals surface area contributed by atoms with Gasteiger partial charge in [0.2, 0.25) is 0 Å². The summed E-state index contributed by atoms with van der Waals surface area (Å²) in [7, 11) is 0. The predicted octanol–water partition coefficient (Wildman–Crippen LogP) is 7.10. The predicted molar refractivity (Wildman–Crippen MR) is 141 cm³/mol. The van der Waals surface area contributed by atoms with Crippen molar-refractivity contribution in [3.05, 3.63) is 11.1 Å². The molecule has 0 aliphatic heterocycles. The standard InChI is InChI=1S/C32H48O4/c1-18(2)20-10-11-23-29(20,6)14-15-31(8)27-21(34)16-24-28(4,5)25(36-19(3)33)12-13-30(24,7)26(27)22(35)17-32(23,31)9/h18,20,23-25H,10-17H2,1-9H3/t20-,23-,24+,25+,29-,30+,31-,32+/m1/s1. The highest BCUT2D eigenvalue weighted by Crippen LogP contribution is 2.75. The number of Topliss-reactive ketones (excluding diaryl/α,β-unsaturated/α-hetero) is 2. The summed E-state index contributed by atoms with van der Waals surface area (Å²) in [5.74, 6) is 1.96. The summed E-state index contributed by atoms with van der Waals surface area (Å²) >= 11 is 0. The van der Waals surface area contributed by atoms with Crippen LogP contribution in [0.2, 0.25) is 0 Å². The monoisotopic (exact) mass is 496 g/mol. The van der Waals surface area contributed by atoms with Gasteiger partial charge < -0.3 is 4.74 Å². The minimum absolute atomic E-state index is 0.00286. The molecular formula is C32H48O4. The molecule has 0 amide bonds. The summed E-state index contributed by atoms with van der Waals surface area (Å²) < 4.78 is 5.76. The van der Waals surface area contributed by atoms with Crippen molar-refractivity contribution in [1.82, 2.24) is 0 Å². The Morgan fingerprint density at radius 3 is 2.14 bits per heavy atom. The molecule has 0 bridgehead atoms. The number of hydrogen-bond donors (Lipinski definition) is 0. The second kappa shape index (κ2) is 7.79. The van der Waals surface area contributed by atoms with E-state index in [9.17, 15) is 14.4 Å². The first-order valence-corrected chi connectivity index (χ1v) is 14.5. The van der Waals surface area contributed by atoms with Gasteiger partial charge in [-0.3, -0.25) is 14.4 Å². The van der Waals surface area contributed by atoms with Crippen LogP contribution >= 0.6 is 0 Å². The van der Waals surface area contributed by atoms with Gasteiger partial charge in [-0.25, -0.2) is 0 Å². The molecule has 0 unspecified atom stereocenters. The highest BCUT2D eigenvalue weighted by atomic mass is 16.5. The fraction of sp³-hybridized carbons (Fsp3) is 0.844. The van der Waals surface area contributed by atoms with Crippen LogP contribution in [0.25, 0.3) is 0 Å². The van der Waals surface area contributed by atoms with E-state index in [-0.39, 0.29) is 56.6 Å². The topological polar surface area (TPSA) is 60.4 Å². The van der Waals surface area contributed by atoms with Gasteiger partial charge in [0.05, 0.1) is 0 Å². The lowest BCUT2D eigenvalue weighted by molar-refractivity contribution is -0.171. The third kappa shape index (κ3) is 3.08. The molecule has 0 heterocycles. The van der Waals surface area contributed by atoms with Gasteiger partial charge in [-0.1, -0.05) is 55.4 Å². The third-order valence-electron chi connectivity index (χ3n) is 13.0. The zero-order valence-electron chi connectivity index (χ0n) is 24.2. The van der Waals surface area contributed by atoms with Crippen LogP contribution in [0, 0.1) is 50.7 Å². The van der Waals surface area contributed by atoms with Crippen LogP contribution in [0.1, 0.15) is 114 Å². The second-order valence-corrected chi connectivity index (χ2v) is 15.1. The molecule has 5 rings (SSSR count). The molecule has 0 spiro atoms. The Labute approximate surface area is 218 Å². The molecule has 4 nitrogen and oxygen atoms in total. The summed E-state index contributed by atoms with van der Waals surface area (Å²) in [6.07, 6.45) is 6.89. The number of ether oxygens (including phenoxy) is 1. The van der Waals surface area contributed by atoms with Gasteiger partial charge in [-0.15, -0.1) is 0 Å². The quantitative estimate of drug-likeness (QED) is 0.383. The molecule has 4 heteroatoms. The van der Waals surface area contributed by atoms with Gasteiger partial charge >= 0.3 is 5.97 Å². The number of carbonyl (C=O) groups is 3. The maximum absolute atomic E-state index is 14.3. The Morgan fingerprint density at radius 2 is 1.53 bits per heavy atom. The highest BCUT2D eigenvalue weighted by Gasteiger charge is 2.70. The van der Waals surface area contributed by atoms with Crippen molar-refractivity contribution in [2.45, 2.75) is 120 Å². The Hall–Kier alpha value is -1.45. The van der Waals surface area contributed by atoms with Crippen molar-refractivity contribution >= 4 is 17.5 Å². The third-order valence-corrected chi connectivity index (χ3v) is 13.0. The van der Waals surface area contributed by atoms with E-state index in [1.54, 1.807) is 0 Å². The molecule has 3 fully saturated rings. The number of hydrogen-bond acceptors (Lipinski definition) is 4. The lowest BCUT2D eigenvalue weighted by Crippen LogP contribution is -2.63. The number of esters is 1. The lowest BCUT2D eigenvalue weighted by Gasteiger charge is -2.66. The Balaban J connectivity index is 1.62. The van der Waals surface area contributed by atoms with Gasteiger partial charge in [-0.05, 0) is 73.0 Å². The summed E-state index contributed by atoms with van der Waals surface area (Å²) in [4.78, 5) is 40.4. The van der Waals surface area contributed by atoms with E-state index in [0.717, 1.165) is 36.8 Å². The van der Waals surface area contributed by atoms with Crippen molar-refractivity contribution in [2.75, 3.05) is 0 Å².